The Morgan fingerprint density at radius 2 is 2.21 bits per heavy atom. The summed E-state index contributed by atoms with van der Waals surface area (Å²) in [5, 5.41) is 8.06. The summed E-state index contributed by atoms with van der Waals surface area (Å²) >= 11 is 0. The molecule has 0 spiro atoms. The molecule has 1 heterocycles. The number of alkyl halides is 2. The summed E-state index contributed by atoms with van der Waals surface area (Å²) in [4.78, 5) is 0. The summed E-state index contributed by atoms with van der Waals surface area (Å²) in [6.07, 6.45) is -4.14. The van der Waals surface area contributed by atoms with E-state index in [1.54, 1.807) is 13.8 Å². The minimum atomic E-state index is -3.78. The van der Waals surface area contributed by atoms with Crippen LogP contribution in [0.25, 0.3) is 0 Å². The Labute approximate surface area is 80.8 Å². The first-order chi connectivity index (χ1) is 6.29. The highest BCUT2D eigenvalue weighted by atomic mass is 19.3. The van der Waals surface area contributed by atoms with Gasteiger partial charge in [-0.3, -0.25) is 0 Å². The fraction of sp³-hybridized carbons (Fsp3) is 1.00. The summed E-state index contributed by atoms with van der Waals surface area (Å²) in [5.74, 6) is -0.685. The van der Waals surface area contributed by atoms with Gasteiger partial charge in [-0.1, -0.05) is 0 Å². The van der Waals surface area contributed by atoms with E-state index >= 15 is 0 Å². The molecule has 1 N–H and O–H groups in total. The highest BCUT2D eigenvalue weighted by Gasteiger charge is 2.33. The second-order valence-electron chi connectivity index (χ2n) is 3.63. The van der Waals surface area contributed by atoms with Crippen molar-refractivity contribution in [3.05, 3.63) is 0 Å². The van der Waals surface area contributed by atoms with Gasteiger partial charge in [-0.2, -0.15) is 8.78 Å². The Morgan fingerprint density at radius 1 is 1.57 bits per heavy atom. The molecular weight excluding hydrogens is 198 g/mol. The van der Waals surface area contributed by atoms with Gasteiger partial charge in [0, 0.05) is 0 Å². The lowest BCUT2D eigenvalue weighted by Gasteiger charge is -2.17. The van der Waals surface area contributed by atoms with E-state index in [1.807, 2.05) is 0 Å². The molecule has 14 heavy (non-hydrogen) atoms. The van der Waals surface area contributed by atoms with Crippen molar-refractivity contribution in [1.82, 2.24) is 0 Å². The Kier molecular flexibility index (Phi) is 3.41. The third kappa shape index (κ3) is 4.28. The van der Waals surface area contributed by atoms with Crippen LogP contribution in [0.4, 0.5) is 8.78 Å². The van der Waals surface area contributed by atoms with Gasteiger partial charge in [0.15, 0.2) is 5.79 Å². The van der Waals surface area contributed by atoms with Crippen molar-refractivity contribution >= 4 is 0 Å². The fourth-order valence-corrected chi connectivity index (χ4v) is 1.16. The number of hydrogen-bond acceptors (Lipinski definition) is 4. The van der Waals surface area contributed by atoms with E-state index in [9.17, 15) is 8.78 Å². The molecule has 0 bridgehead atoms. The van der Waals surface area contributed by atoms with Gasteiger partial charge in [0.2, 0.25) is 0 Å². The molecule has 1 rings (SSSR count). The van der Waals surface area contributed by atoms with Gasteiger partial charge < -0.3 is 19.3 Å². The standard InChI is InChI=1S/C8H14F2O4/c1-7(2)13-4-6(14-7)3-12-5-8(9,10)11/h6,11H,3-5H2,1-2H3. The molecular formula is C8H14F2O4. The van der Waals surface area contributed by atoms with E-state index < -0.39 is 18.5 Å². The summed E-state index contributed by atoms with van der Waals surface area (Å²) < 4.78 is 38.9. The molecule has 0 radical (unpaired) electrons. The van der Waals surface area contributed by atoms with Crippen molar-refractivity contribution in [1.29, 1.82) is 0 Å². The maximum Gasteiger partial charge on any atom is 0.376 e. The van der Waals surface area contributed by atoms with E-state index in [4.69, 9.17) is 14.6 Å². The predicted molar refractivity (Wildman–Crippen MR) is 42.9 cm³/mol. The Hall–Kier alpha value is -0.300. The van der Waals surface area contributed by atoms with Gasteiger partial charge in [-0.05, 0) is 13.8 Å². The van der Waals surface area contributed by atoms with E-state index in [-0.39, 0.29) is 12.7 Å². The zero-order chi connectivity index (χ0) is 10.8. The minimum absolute atomic E-state index is 0.0143. The highest BCUT2D eigenvalue weighted by Crippen LogP contribution is 2.22. The molecule has 0 aromatic carbocycles. The van der Waals surface area contributed by atoms with Gasteiger partial charge in [-0.25, -0.2) is 0 Å². The normalized spacial score (nSPS) is 26.8. The monoisotopic (exact) mass is 212 g/mol. The third-order valence-electron chi connectivity index (χ3n) is 1.65. The molecule has 4 nitrogen and oxygen atoms in total. The van der Waals surface area contributed by atoms with Gasteiger partial charge >= 0.3 is 6.11 Å². The molecule has 0 aromatic rings. The molecule has 84 valence electrons. The van der Waals surface area contributed by atoms with Crippen LogP contribution < -0.4 is 0 Å². The van der Waals surface area contributed by atoms with Crippen molar-refractivity contribution in [3.8, 4) is 0 Å². The lowest BCUT2D eigenvalue weighted by molar-refractivity contribution is -0.235. The Bertz CT molecular complexity index is 190. The molecule has 0 aliphatic carbocycles. The van der Waals surface area contributed by atoms with Crippen LogP contribution in [0.2, 0.25) is 0 Å². The van der Waals surface area contributed by atoms with Gasteiger partial charge in [0.05, 0.1) is 13.2 Å². The lowest BCUT2D eigenvalue weighted by Crippen LogP contribution is -2.28. The van der Waals surface area contributed by atoms with E-state index in [0.717, 1.165) is 0 Å². The largest absolute Gasteiger partial charge is 0.376 e. The van der Waals surface area contributed by atoms with Crippen LogP contribution in [0, 0.1) is 0 Å². The van der Waals surface area contributed by atoms with Gasteiger partial charge in [-0.15, -0.1) is 0 Å². The zero-order valence-electron chi connectivity index (χ0n) is 8.13. The second-order valence-corrected chi connectivity index (χ2v) is 3.63. The van der Waals surface area contributed by atoms with Crippen LogP contribution in [0.3, 0.4) is 0 Å². The number of aliphatic hydroxyl groups is 1. The van der Waals surface area contributed by atoms with Crippen molar-refractivity contribution in [2.45, 2.75) is 31.8 Å². The maximum atomic E-state index is 11.9. The molecule has 1 saturated heterocycles. The quantitative estimate of drug-likeness (QED) is 0.746. The molecule has 1 unspecified atom stereocenters. The summed E-state index contributed by atoms with van der Waals surface area (Å²) in [5.41, 5.74) is 0. The third-order valence-corrected chi connectivity index (χ3v) is 1.65. The topological polar surface area (TPSA) is 47.9 Å². The molecule has 1 atom stereocenters. The first-order valence-electron chi connectivity index (χ1n) is 4.28. The first-order valence-corrected chi connectivity index (χ1v) is 4.28. The maximum absolute atomic E-state index is 11.9. The molecule has 1 aliphatic heterocycles. The van der Waals surface area contributed by atoms with Crippen molar-refractivity contribution in [2.75, 3.05) is 19.8 Å². The van der Waals surface area contributed by atoms with Gasteiger partial charge in [0.25, 0.3) is 0 Å². The molecule has 1 fully saturated rings. The molecule has 0 amide bonds. The van der Waals surface area contributed by atoms with Crippen LogP contribution >= 0.6 is 0 Å². The Balaban J connectivity index is 2.15. The van der Waals surface area contributed by atoms with Crippen LogP contribution in [-0.2, 0) is 14.2 Å². The lowest BCUT2D eigenvalue weighted by atomic mass is 10.4. The zero-order valence-corrected chi connectivity index (χ0v) is 8.13. The van der Waals surface area contributed by atoms with E-state index in [0.29, 0.717) is 6.61 Å². The van der Waals surface area contributed by atoms with Crippen LogP contribution in [0.5, 0.6) is 0 Å². The molecule has 0 aromatic heterocycles. The van der Waals surface area contributed by atoms with Crippen LogP contribution in [0.1, 0.15) is 13.8 Å². The smallest absolute Gasteiger partial charge is 0.370 e. The Morgan fingerprint density at radius 3 is 2.64 bits per heavy atom. The SMILES string of the molecule is CC1(C)OCC(COCC(O)(F)F)O1. The first kappa shape index (κ1) is 11.8. The summed E-state index contributed by atoms with van der Waals surface area (Å²) in [6, 6.07) is 0. The average molecular weight is 212 g/mol. The highest BCUT2D eigenvalue weighted by molar-refractivity contribution is 4.70. The van der Waals surface area contributed by atoms with E-state index in [1.165, 1.54) is 0 Å². The van der Waals surface area contributed by atoms with Gasteiger partial charge in [0.1, 0.15) is 12.7 Å². The molecule has 1 aliphatic rings. The second kappa shape index (κ2) is 4.06. The molecule has 0 saturated carbocycles. The van der Waals surface area contributed by atoms with Crippen molar-refractivity contribution < 1.29 is 28.1 Å². The summed E-state index contributed by atoms with van der Waals surface area (Å²) in [6.45, 7) is 2.73. The van der Waals surface area contributed by atoms with Crippen molar-refractivity contribution in [2.24, 2.45) is 0 Å². The fourth-order valence-electron chi connectivity index (χ4n) is 1.16. The van der Waals surface area contributed by atoms with Crippen LogP contribution in [0.15, 0.2) is 0 Å². The minimum Gasteiger partial charge on any atom is -0.370 e. The number of hydrogen-bond donors (Lipinski definition) is 1. The summed E-state index contributed by atoms with van der Waals surface area (Å²) in [7, 11) is 0. The predicted octanol–water partition coefficient (Wildman–Crippen LogP) is 0.740. The average Bonchev–Trinajstić information content (AvgIpc) is 2.27. The number of rotatable bonds is 4. The number of ether oxygens (including phenoxy) is 3. The van der Waals surface area contributed by atoms with Crippen LogP contribution in [-0.4, -0.2) is 42.9 Å². The number of halogens is 2. The van der Waals surface area contributed by atoms with Crippen molar-refractivity contribution in [3.63, 3.8) is 0 Å². The van der Waals surface area contributed by atoms with E-state index in [2.05, 4.69) is 4.74 Å². The molecule has 6 heteroatoms.